The van der Waals surface area contributed by atoms with Gasteiger partial charge in [0.1, 0.15) is 12.1 Å². The van der Waals surface area contributed by atoms with E-state index >= 15 is 0 Å². The van der Waals surface area contributed by atoms with E-state index in [-0.39, 0.29) is 0 Å². The third-order valence-corrected chi connectivity index (χ3v) is 2.50. The molecule has 1 saturated heterocycles. The smallest absolute Gasteiger partial charge is 0.218 e. The summed E-state index contributed by atoms with van der Waals surface area (Å²) in [6.45, 7) is 4.11. The number of anilines is 1. The Morgan fingerprint density at radius 3 is 3.13 bits per heavy atom. The van der Waals surface area contributed by atoms with Crippen LogP contribution >= 0.6 is 0 Å². The molecule has 0 unspecified atom stereocenters. The topological polar surface area (TPSA) is 50.3 Å². The van der Waals surface area contributed by atoms with Crippen LogP contribution in [-0.4, -0.2) is 43.3 Å². The van der Waals surface area contributed by atoms with E-state index in [1.165, 1.54) is 0 Å². The second kappa shape index (κ2) is 4.93. The molecule has 1 aromatic heterocycles. The van der Waals surface area contributed by atoms with Gasteiger partial charge in [-0.25, -0.2) is 9.97 Å². The van der Waals surface area contributed by atoms with Gasteiger partial charge in [-0.15, -0.1) is 0 Å². The molecule has 5 heteroatoms. The molecule has 1 N–H and O–H groups in total. The minimum atomic E-state index is 0.622. The van der Waals surface area contributed by atoms with Crippen LogP contribution in [0.2, 0.25) is 0 Å². The van der Waals surface area contributed by atoms with Crippen molar-refractivity contribution in [1.29, 1.82) is 0 Å². The van der Waals surface area contributed by atoms with Gasteiger partial charge in [0.05, 0.1) is 7.11 Å². The Morgan fingerprint density at radius 1 is 1.33 bits per heavy atom. The molecule has 0 aliphatic carbocycles. The normalized spacial score (nSPS) is 17.3. The first-order valence-electron chi connectivity index (χ1n) is 5.22. The minimum absolute atomic E-state index is 0.622. The first kappa shape index (κ1) is 10.2. The molecule has 0 atom stereocenters. The first-order chi connectivity index (χ1) is 7.40. The summed E-state index contributed by atoms with van der Waals surface area (Å²) >= 11 is 0. The monoisotopic (exact) mass is 208 g/mol. The van der Waals surface area contributed by atoms with Crippen LogP contribution in [0.1, 0.15) is 6.42 Å². The fraction of sp³-hybridized carbons (Fsp3) is 0.600. The Balaban J connectivity index is 2.12. The van der Waals surface area contributed by atoms with Crippen molar-refractivity contribution in [2.24, 2.45) is 0 Å². The predicted molar refractivity (Wildman–Crippen MR) is 58.3 cm³/mol. The zero-order valence-electron chi connectivity index (χ0n) is 8.94. The second-order valence-corrected chi connectivity index (χ2v) is 3.51. The molecule has 2 heterocycles. The lowest BCUT2D eigenvalue weighted by Gasteiger charge is -2.20. The first-order valence-corrected chi connectivity index (χ1v) is 5.22. The highest BCUT2D eigenvalue weighted by atomic mass is 16.5. The van der Waals surface area contributed by atoms with Gasteiger partial charge in [-0.2, -0.15) is 0 Å². The molecule has 1 fully saturated rings. The summed E-state index contributed by atoms with van der Waals surface area (Å²) in [5.41, 5.74) is 0. The summed E-state index contributed by atoms with van der Waals surface area (Å²) in [5.74, 6) is 1.57. The Kier molecular flexibility index (Phi) is 3.34. The highest BCUT2D eigenvalue weighted by Crippen LogP contribution is 2.15. The number of hydrogen-bond donors (Lipinski definition) is 1. The SMILES string of the molecule is COc1cc(N2CCCNCC2)ncn1. The van der Waals surface area contributed by atoms with Crippen LogP contribution in [0.25, 0.3) is 0 Å². The average molecular weight is 208 g/mol. The third kappa shape index (κ3) is 2.56. The summed E-state index contributed by atoms with van der Waals surface area (Å²) in [4.78, 5) is 10.5. The molecular weight excluding hydrogens is 192 g/mol. The molecule has 82 valence electrons. The molecule has 1 aliphatic rings. The molecule has 1 aromatic rings. The van der Waals surface area contributed by atoms with Crippen molar-refractivity contribution in [3.05, 3.63) is 12.4 Å². The molecule has 0 amide bonds. The van der Waals surface area contributed by atoms with Crippen LogP contribution < -0.4 is 15.0 Å². The van der Waals surface area contributed by atoms with E-state index in [4.69, 9.17) is 4.74 Å². The van der Waals surface area contributed by atoms with Crippen molar-refractivity contribution in [3.8, 4) is 5.88 Å². The number of ether oxygens (including phenoxy) is 1. The van der Waals surface area contributed by atoms with Gasteiger partial charge >= 0.3 is 0 Å². The van der Waals surface area contributed by atoms with E-state index in [0.29, 0.717) is 5.88 Å². The van der Waals surface area contributed by atoms with E-state index in [9.17, 15) is 0 Å². The van der Waals surface area contributed by atoms with E-state index in [2.05, 4.69) is 20.2 Å². The summed E-state index contributed by atoms with van der Waals surface area (Å²) in [5, 5.41) is 3.36. The minimum Gasteiger partial charge on any atom is -0.481 e. The van der Waals surface area contributed by atoms with Gasteiger partial charge in [-0.3, -0.25) is 0 Å². The largest absolute Gasteiger partial charge is 0.481 e. The number of methoxy groups -OCH3 is 1. The van der Waals surface area contributed by atoms with Crippen LogP contribution in [0.15, 0.2) is 12.4 Å². The van der Waals surface area contributed by atoms with Gasteiger partial charge in [0.2, 0.25) is 5.88 Å². The third-order valence-electron chi connectivity index (χ3n) is 2.50. The Morgan fingerprint density at radius 2 is 2.27 bits per heavy atom. The van der Waals surface area contributed by atoms with E-state index in [0.717, 1.165) is 38.4 Å². The standard InChI is InChI=1S/C10H16N4O/c1-15-10-7-9(12-8-13-10)14-5-2-3-11-4-6-14/h7-8,11H,2-6H2,1H3. The lowest BCUT2D eigenvalue weighted by molar-refractivity contribution is 0.396. The van der Waals surface area contributed by atoms with Crippen molar-refractivity contribution in [1.82, 2.24) is 15.3 Å². The van der Waals surface area contributed by atoms with Gasteiger partial charge in [-0.1, -0.05) is 0 Å². The van der Waals surface area contributed by atoms with Crippen LogP contribution in [0.4, 0.5) is 5.82 Å². The van der Waals surface area contributed by atoms with Crippen LogP contribution in [0, 0.1) is 0 Å². The lowest BCUT2D eigenvalue weighted by atomic mass is 10.4. The maximum Gasteiger partial charge on any atom is 0.218 e. The van der Waals surface area contributed by atoms with Gasteiger partial charge < -0.3 is 15.0 Å². The quantitative estimate of drug-likeness (QED) is 0.756. The van der Waals surface area contributed by atoms with Gasteiger partial charge in [0.25, 0.3) is 0 Å². The highest BCUT2D eigenvalue weighted by molar-refractivity contribution is 5.40. The maximum atomic E-state index is 5.08. The lowest BCUT2D eigenvalue weighted by Crippen LogP contribution is -2.28. The molecule has 0 aromatic carbocycles. The number of aromatic nitrogens is 2. The molecule has 0 radical (unpaired) electrons. The van der Waals surface area contributed by atoms with Gasteiger partial charge in [-0.05, 0) is 13.0 Å². The van der Waals surface area contributed by atoms with Crippen molar-refractivity contribution >= 4 is 5.82 Å². The van der Waals surface area contributed by atoms with Crippen molar-refractivity contribution in [2.45, 2.75) is 6.42 Å². The number of nitrogens with zero attached hydrogens (tertiary/aromatic N) is 3. The van der Waals surface area contributed by atoms with Gasteiger partial charge in [0, 0.05) is 25.7 Å². The summed E-state index contributed by atoms with van der Waals surface area (Å²) in [6.07, 6.45) is 2.69. The number of hydrogen-bond acceptors (Lipinski definition) is 5. The summed E-state index contributed by atoms with van der Waals surface area (Å²) < 4.78 is 5.08. The Bertz CT molecular complexity index is 310. The Labute approximate surface area is 89.5 Å². The van der Waals surface area contributed by atoms with Crippen LogP contribution in [0.5, 0.6) is 5.88 Å². The second-order valence-electron chi connectivity index (χ2n) is 3.51. The zero-order chi connectivity index (χ0) is 10.5. The molecule has 0 spiro atoms. The molecule has 5 nitrogen and oxygen atoms in total. The average Bonchev–Trinajstić information content (AvgIpc) is 2.58. The van der Waals surface area contributed by atoms with E-state index in [1.54, 1.807) is 13.4 Å². The van der Waals surface area contributed by atoms with Crippen LogP contribution in [-0.2, 0) is 0 Å². The van der Waals surface area contributed by atoms with Gasteiger partial charge in [0.15, 0.2) is 0 Å². The highest BCUT2D eigenvalue weighted by Gasteiger charge is 2.11. The fourth-order valence-corrected chi connectivity index (χ4v) is 1.69. The van der Waals surface area contributed by atoms with Crippen molar-refractivity contribution in [2.75, 3.05) is 38.2 Å². The molecular formula is C10H16N4O. The predicted octanol–water partition coefficient (Wildman–Crippen LogP) is 0.285. The number of rotatable bonds is 2. The molecule has 15 heavy (non-hydrogen) atoms. The molecule has 2 rings (SSSR count). The molecule has 1 aliphatic heterocycles. The maximum absolute atomic E-state index is 5.08. The van der Waals surface area contributed by atoms with E-state index in [1.807, 2.05) is 6.07 Å². The van der Waals surface area contributed by atoms with Crippen LogP contribution in [0.3, 0.4) is 0 Å². The summed E-state index contributed by atoms with van der Waals surface area (Å²) in [6, 6.07) is 1.88. The van der Waals surface area contributed by atoms with Crippen molar-refractivity contribution in [3.63, 3.8) is 0 Å². The van der Waals surface area contributed by atoms with E-state index < -0.39 is 0 Å². The Hall–Kier alpha value is -1.36. The molecule has 0 saturated carbocycles. The van der Waals surface area contributed by atoms with Crippen molar-refractivity contribution < 1.29 is 4.74 Å². The fourth-order valence-electron chi connectivity index (χ4n) is 1.69. The summed E-state index contributed by atoms with van der Waals surface area (Å²) in [7, 11) is 1.62. The number of nitrogens with one attached hydrogen (secondary N) is 1. The zero-order valence-corrected chi connectivity index (χ0v) is 8.94. The molecule has 0 bridgehead atoms.